The van der Waals surface area contributed by atoms with Gasteiger partial charge in [0.05, 0.1) is 17.8 Å². The smallest absolute Gasteiger partial charge is 0.463 e. The van der Waals surface area contributed by atoms with Gasteiger partial charge >= 0.3 is 19.2 Å². The maximum atomic E-state index is 13.1. The van der Waals surface area contributed by atoms with Gasteiger partial charge in [-0.25, -0.2) is 14.8 Å². The van der Waals surface area contributed by atoms with Gasteiger partial charge < -0.3 is 29.0 Å². The van der Waals surface area contributed by atoms with Crippen LogP contribution in [0.2, 0.25) is 0 Å². The fourth-order valence-corrected chi connectivity index (χ4v) is 4.37. The molecule has 0 unspecified atom stereocenters. The van der Waals surface area contributed by atoms with Gasteiger partial charge in [0.25, 0.3) is 0 Å². The number of ether oxygens (including phenoxy) is 2. The molecule has 0 radical (unpaired) electrons. The lowest BCUT2D eigenvalue weighted by Gasteiger charge is -2.37. The monoisotopic (exact) mass is 518 g/mol. The van der Waals surface area contributed by atoms with Crippen molar-refractivity contribution in [3.05, 3.63) is 12.4 Å². The molecule has 0 bridgehead atoms. The van der Waals surface area contributed by atoms with Crippen molar-refractivity contribution in [1.29, 1.82) is 0 Å². The van der Waals surface area contributed by atoms with Crippen molar-refractivity contribution in [2.24, 2.45) is 0 Å². The molecule has 3 heterocycles. The third kappa shape index (κ3) is 7.80. The molecule has 10 nitrogen and oxygen atoms in total. The molecular weight excluding hydrogens is 475 g/mol. The zero-order valence-corrected chi connectivity index (χ0v) is 23.6. The SMILES string of the molecule is C[C@@H](NC(=O)OC(C)(C)C)C(=O)N1CCCC[C@@H]1CCCOc1ncc(B2OC(C)(C)C(C)(C)O2)cn1. The van der Waals surface area contributed by atoms with Gasteiger partial charge in [0, 0.05) is 30.4 Å². The van der Waals surface area contributed by atoms with Crippen LogP contribution in [-0.4, -0.2) is 76.0 Å². The first-order valence-corrected chi connectivity index (χ1v) is 13.3. The summed E-state index contributed by atoms with van der Waals surface area (Å²) in [5, 5.41) is 2.66. The number of hydrogen-bond donors (Lipinski definition) is 1. The zero-order valence-electron chi connectivity index (χ0n) is 23.6. The summed E-state index contributed by atoms with van der Waals surface area (Å²) in [7, 11) is -0.513. The highest BCUT2D eigenvalue weighted by Gasteiger charge is 2.52. The minimum atomic E-state index is -0.650. The van der Waals surface area contributed by atoms with Crippen LogP contribution in [0.25, 0.3) is 0 Å². The van der Waals surface area contributed by atoms with Gasteiger partial charge in [-0.15, -0.1) is 0 Å². The number of hydrogen-bond acceptors (Lipinski definition) is 8. The van der Waals surface area contributed by atoms with Crippen LogP contribution < -0.4 is 15.5 Å². The van der Waals surface area contributed by atoms with Crippen molar-refractivity contribution in [1.82, 2.24) is 20.2 Å². The molecule has 2 amide bonds. The van der Waals surface area contributed by atoms with Gasteiger partial charge in [0.1, 0.15) is 11.6 Å². The van der Waals surface area contributed by atoms with E-state index < -0.39 is 36.1 Å². The normalized spacial score (nSPS) is 21.9. The van der Waals surface area contributed by atoms with E-state index in [1.165, 1.54) is 0 Å². The van der Waals surface area contributed by atoms with Crippen LogP contribution in [0.5, 0.6) is 6.01 Å². The summed E-state index contributed by atoms with van der Waals surface area (Å²) in [6, 6.07) is -0.242. The third-order valence-electron chi connectivity index (χ3n) is 7.10. The van der Waals surface area contributed by atoms with E-state index in [1.54, 1.807) is 40.1 Å². The average Bonchev–Trinajstić information content (AvgIpc) is 3.02. The molecule has 0 saturated carbocycles. The fourth-order valence-electron chi connectivity index (χ4n) is 4.37. The largest absolute Gasteiger partial charge is 0.498 e. The van der Waals surface area contributed by atoms with Crippen LogP contribution in [0, 0.1) is 0 Å². The third-order valence-corrected chi connectivity index (χ3v) is 7.10. The number of nitrogens with zero attached hydrogens (tertiary/aromatic N) is 3. The average molecular weight is 518 g/mol. The Hall–Kier alpha value is -2.40. The molecule has 37 heavy (non-hydrogen) atoms. The lowest BCUT2D eigenvalue weighted by molar-refractivity contribution is -0.137. The maximum absolute atomic E-state index is 13.1. The van der Waals surface area contributed by atoms with Gasteiger partial charge in [-0.3, -0.25) is 4.79 Å². The molecule has 2 saturated heterocycles. The van der Waals surface area contributed by atoms with E-state index in [0.29, 0.717) is 19.2 Å². The van der Waals surface area contributed by atoms with Crippen molar-refractivity contribution >= 4 is 24.6 Å². The minimum absolute atomic E-state index is 0.0851. The van der Waals surface area contributed by atoms with Gasteiger partial charge in [0.2, 0.25) is 5.91 Å². The summed E-state index contributed by atoms with van der Waals surface area (Å²) in [5.74, 6) is -0.0851. The molecule has 2 fully saturated rings. The topological polar surface area (TPSA) is 112 Å². The van der Waals surface area contributed by atoms with Crippen LogP contribution in [0.3, 0.4) is 0 Å². The molecule has 0 spiro atoms. The molecular formula is C26H43BN4O6. The number of likely N-dealkylation sites (tertiary alicyclic amines) is 1. The number of piperidine rings is 1. The number of amides is 2. The van der Waals surface area contributed by atoms with Crippen LogP contribution in [0.1, 0.15) is 87.5 Å². The Balaban J connectivity index is 1.45. The van der Waals surface area contributed by atoms with Gasteiger partial charge in [0.15, 0.2) is 0 Å². The predicted molar refractivity (Wildman–Crippen MR) is 141 cm³/mol. The summed E-state index contributed by atoms with van der Waals surface area (Å²) >= 11 is 0. The highest BCUT2D eigenvalue weighted by Crippen LogP contribution is 2.36. The Labute approximate surface area is 221 Å². The van der Waals surface area contributed by atoms with E-state index in [9.17, 15) is 9.59 Å². The number of aromatic nitrogens is 2. The van der Waals surface area contributed by atoms with Gasteiger partial charge in [-0.05, 0) is 87.5 Å². The molecule has 0 aromatic carbocycles. The van der Waals surface area contributed by atoms with Crippen LogP contribution >= 0.6 is 0 Å². The van der Waals surface area contributed by atoms with E-state index >= 15 is 0 Å². The Bertz CT molecular complexity index is 918. The lowest BCUT2D eigenvalue weighted by Crippen LogP contribution is -2.52. The highest BCUT2D eigenvalue weighted by atomic mass is 16.7. The van der Waals surface area contributed by atoms with Crippen LogP contribution in [0.15, 0.2) is 12.4 Å². The molecule has 3 rings (SSSR count). The second-order valence-corrected chi connectivity index (χ2v) is 11.9. The lowest BCUT2D eigenvalue weighted by atomic mass is 9.81. The quantitative estimate of drug-likeness (QED) is 0.413. The van der Waals surface area contributed by atoms with Crippen LogP contribution in [-0.2, 0) is 18.8 Å². The van der Waals surface area contributed by atoms with E-state index in [0.717, 1.165) is 37.6 Å². The molecule has 2 aliphatic heterocycles. The summed E-state index contributed by atoms with van der Waals surface area (Å²) < 4.78 is 23.1. The molecule has 1 aromatic rings. The zero-order chi connectivity index (χ0) is 27.4. The molecule has 1 N–H and O–H groups in total. The fraction of sp³-hybridized carbons (Fsp3) is 0.769. The molecule has 0 aliphatic carbocycles. The highest BCUT2D eigenvalue weighted by molar-refractivity contribution is 6.61. The number of carbonyl (C=O) groups excluding carboxylic acids is 2. The number of carbonyl (C=O) groups is 2. The van der Waals surface area contributed by atoms with Crippen molar-refractivity contribution in [3.8, 4) is 6.01 Å². The minimum Gasteiger partial charge on any atom is -0.463 e. The standard InChI is InChI=1S/C26H43BN4O6/c1-18(30-23(33)35-24(2,3)4)21(32)31-14-10-9-12-20(31)13-11-15-34-22-28-16-19(17-29-22)27-36-25(5,6)26(7,8)37-27/h16-18,20H,9-15H2,1-8H3,(H,30,33)/t18-,20-/m1/s1. The number of alkyl carbamates (subject to hydrolysis) is 1. The van der Waals surface area contributed by atoms with E-state index in [-0.39, 0.29) is 11.9 Å². The number of nitrogens with one attached hydrogen (secondary N) is 1. The molecule has 1 aromatic heterocycles. The predicted octanol–water partition coefficient (Wildman–Crippen LogP) is 3.23. The van der Waals surface area contributed by atoms with Crippen molar-refractivity contribution in [2.45, 2.75) is 116 Å². The van der Waals surface area contributed by atoms with Gasteiger partial charge in [-0.2, -0.15) is 0 Å². The van der Waals surface area contributed by atoms with Crippen molar-refractivity contribution in [2.75, 3.05) is 13.2 Å². The Morgan fingerprint density at radius 3 is 2.38 bits per heavy atom. The summed E-state index contributed by atoms with van der Waals surface area (Å²) in [6.07, 6.45) is 7.29. The first-order chi connectivity index (χ1) is 17.2. The van der Waals surface area contributed by atoms with E-state index in [1.807, 2.05) is 32.6 Å². The summed E-state index contributed by atoms with van der Waals surface area (Å²) in [5.41, 5.74) is -0.719. The maximum Gasteiger partial charge on any atom is 0.498 e. The molecule has 11 heteroatoms. The van der Waals surface area contributed by atoms with Crippen molar-refractivity contribution < 1.29 is 28.4 Å². The second kappa shape index (κ2) is 11.6. The number of rotatable bonds is 8. The molecule has 206 valence electrons. The second-order valence-electron chi connectivity index (χ2n) is 11.9. The Kier molecular flexibility index (Phi) is 9.11. The molecule has 2 atom stereocenters. The summed E-state index contributed by atoms with van der Waals surface area (Å²) in [6.45, 7) is 16.2. The van der Waals surface area contributed by atoms with E-state index in [2.05, 4.69) is 15.3 Å². The molecule has 2 aliphatic rings. The first-order valence-electron chi connectivity index (χ1n) is 13.3. The summed E-state index contributed by atoms with van der Waals surface area (Å²) in [4.78, 5) is 35.7. The Morgan fingerprint density at radius 1 is 1.16 bits per heavy atom. The van der Waals surface area contributed by atoms with Crippen molar-refractivity contribution in [3.63, 3.8) is 0 Å². The first kappa shape index (κ1) is 29.2. The van der Waals surface area contributed by atoms with Crippen LogP contribution in [0.4, 0.5) is 4.79 Å². The van der Waals surface area contributed by atoms with E-state index in [4.69, 9.17) is 18.8 Å². The Morgan fingerprint density at radius 2 is 1.78 bits per heavy atom. The van der Waals surface area contributed by atoms with Gasteiger partial charge in [-0.1, -0.05) is 0 Å².